The fourth-order valence-electron chi connectivity index (χ4n) is 1.32. The number of hydrogen-bond acceptors (Lipinski definition) is 2. The van der Waals surface area contributed by atoms with E-state index in [2.05, 4.69) is 41.5 Å². The fraction of sp³-hybridized carbons (Fsp3) is 0.933. The number of carbonyl (C=O) groups is 1. The molecule has 0 amide bonds. The molecule has 0 fully saturated rings. The summed E-state index contributed by atoms with van der Waals surface area (Å²) in [6.07, 6.45) is 1.36. The summed E-state index contributed by atoms with van der Waals surface area (Å²) in [6.45, 7) is 18.7. The maximum atomic E-state index is 11.3. The van der Waals surface area contributed by atoms with Crippen molar-refractivity contribution in [2.24, 2.45) is 10.8 Å². The molecule has 0 bridgehead atoms. The monoisotopic (exact) mass is 244 g/mol. The van der Waals surface area contributed by atoms with Crippen LogP contribution in [0.25, 0.3) is 0 Å². The van der Waals surface area contributed by atoms with Gasteiger partial charge in [-0.2, -0.15) is 0 Å². The first kappa shape index (κ1) is 18.8. The lowest BCUT2D eigenvalue weighted by Gasteiger charge is -2.34. The van der Waals surface area contributed by atoms with Crippen molar-refractivity contribution in [3.63, 3.8) is 0 Å². The van der Waals surface area contributed by atoms with Crippen LogP contribution >= 0.6 is 0 Å². The van der Waals surface area contributed by atoms with Gasteiger partial charge in [0.2, 0.25) is 0 Å². The molecule has 17 heavy (non-hydrogen) atoms. The maximum absolute atomic E-state index is 11.3. The first-order valence-corrected chi connectivity index (χ1v) is 6.76. The molecule has 0 rings (SSSR count). The van der Waals surface area contributed by atoms with E-state index in [-0.39, 0.29) is 22.9 Å². The van der Waals surface area contributed by atoms with Crippen LogP contribution in [0.3, 0.4) is 0 Å². The molecule has 1 unspecified atom stereocenters. The van der Waals surface area contributed by atoms with Crippen molar-refractivity contribution in [3.8, 4) is 0 Å². The van der Waals surface area contributed by atoms with Crippen molar-refractivity contribution < 1.29 is 9.53 Å². The third-order valence-corrected chi connectivity index (χ3v) is 2.33. The smallest absolute Gasteiger partial charge is 0.305 e. The number of esters is 1. The lowest BCUT2D eigenvalue weighted by Crippen LogP contribution is -2.35. The number of hydrogen-bond donors (Lipinski definition) is 0. The van der Waals surface area contributed by atoms with Gasteiger partial charge in [0.25, 0.3) is 0 Å². The first-order chi connectivity index (χ1) is 7.56. The van der Waals surface area contributed by atoms with Crippen LogP contribution in [0.15, 0.2) is 0 Å². The van der Waals surface area contributed by atoms with Crippen LogP contribution in [0.2, 0.25) is 0 Å². The van der Waals surface area contributed by atoms with Gasteiger partial charge in [0, 0.05) is 6.42 Å². The Morgan fingerprint density at radius 1 is 1.06 bits per heavy atom. The van der Waals surface area contributed by atoms with E-state index in [0.717, 1.165) is 6.42 Å². The summed E-state index contributed by atoms with van der Waals surface area (Å²) in [7, 11) is 0. The molecule has 0 aliphatic carbocycles. The summed E-state index contributed by atoms with van der Waals surface area (Å²) < 4.78 is 5.50. The van der Waals surface area contributed by atoms with Crippen molar-refractivity contribution in [3.05, 3.63) is 0 Å². The normalized spacial score (nSPS) is 13.5. The maximum Gasteiger partial charge on any atom is 0.305 e. The van der Waals surface area contributed by atoms with Gasteiger partial charge in [-0.15, -0.1) is 0 Å². The Hall–Kier alpha value is -0.530. The minimum Gasteiger partial charge on any atom is -0.462 e. The molecular formula is C15H32O2. The zero-order valence-corrected chi connectivity index (χ0v) is 13.3. The second kappa shape index (κ2) is 7.73. The summed E-state index contributed by atoms with van der Waals surface area (Å²) in [5.74, 6) is -0.0980. The summed E-state index contributed by atoms with van der Waals surface area (Å²) in [6, 6.07) is 0. The van der Waals surface area contributed by atoms with E-state index in [4.69, 9.17) is 4.74 Å². The molecule has 0 spiro atoms. The van der Waals surface area contributed by atoms with E-state index < -0.39 is 0 Å². The highest BCUT2D eigenvalue weighted by Crippen LogP contribution is 2.32. The molecule has 0 aromatic rings. The molecule has 0 aliphatic heterocycles. The molecule has 0 radical (unpaired) electrons. The molecule has 104 valence electrons. The van der Waals surface area contributed by atoms with Crippen molar-refractivity contribution in [2.45, 2.75) is 81.3 Å². The zero-order chi connectivity index (χ0) is 14.3. The highest BCUT2D eigenvalue weighted by atomic mass is 16.5. The largest absolute Gasteiger partial charge is 0.462 e. The average molecular weight is 244 g/mol. The molecule has 2 nitrogen and oxygen atoms in total. The van der Waals surface area contributed by atoms with Gasteiger partial charge in [-0.25, -0.2) is 0 Å². The highest BCUT2D eigenvalue weighted by molar-refractivity contribution is 5.69. The summed E-state index contributed by atoms with van der Waals surface area (Å²) in [4.78, 5) is 11.3. The molecule has 0 N–H and O–H groups in total. The van der Waals surface area contributed by atoms with Crippen molar-refractivity contribution in [1.29, 1.82) is 0 Å². The second-order valence-corrected chi connectivity index (χ2v) is 6.46. The van der Waals surface area contributed by atoms with Gasteiger partial charge in [-0.1, -0.05) is 62.3 Å². The predicted octanol–water partition coefficient (Wildman–Crippen LogP) is 4.82. The van der Waals surface area contributed by atoms with Crippen LogP contribution < -0.4 is 0 Å². The Labute approximate surface area is 108 Å². The van der Waals surface area contributed by atoms with Crippen LogP contribution in [-0.2, 0) is 9.53 Å². The number of rotatable bonds is 3. The summed E-state index contributed by atoms with van der Waals surface area (Å²) >= 11 is 0. The number of carbonyl (C=O) groups excluding carboxylic acids is 1. The van der Waals surface area contributed by atoms with E-state index in [1.165, 1.54) is 0 Å². The molecule has 2 heteroatoms. The number of ether oxygens (including phenoxy) is 1. The second-order valence-electron chi connectivity index (χ2n) is 6.46. The van der Waals surface area contributed by atoms with Gasteiger partial charge < -0.3 is 4.74 Å². The summed E-state index contributed by atoms with van der Waals surface area (Å²) in [5, 5.41) is 0. The van der Waals surface area contributed by atoms with E-state index >= 15 is 0 Å². The zero-order valence-electron chi connectivity index (χ0n) is 13.3. The lowest BCUT2D eigenvalue weighted by atomic mass is 9.78. The summed E-state index contributed by atoms with van der Waals surface area (Å²) in [5.41, 5.74) is 0.198. The predicted molar refractivity (Wildman–Crippen MR) is 75.0 cm³/mol. The van der Waals surface area contributed by atoms with E-state index in [9.17, 15) is 4.79 Å². The van der Waals surface area contributed by atoms with Gasteiger partial charge in [0.05, 0.1) is 0 Å². The third-order valence-electron chi connectivity index (χ3n) is 2.33. The Bertz CT molecular complexity index is 206. The van der Waals surface area contributed by atoms with Gasteiger partial charge in [-0.3, -0.25) is 4.79 Å². The van der Waals surface area contributed by atoms with E-state index in [1.807, 2.05) is 20.8 Å². The van der Waals surface area contributed by atoms with Crippen molar-refractivity contribution in [2.75, 3.05) is 0 Å². The van der Waals surface area contributed by atoms with E-state index in [0.29, 0.717) is 6.42 Å². The highest BCUT2D eigenvalue weighted by Gasteiger charge is 2.31. The lowest BCUT2D eigenvalue weighted by molar-refractivity contribution is -0.156. The fourth-order valence-corrected chi connectivity index (χ4v) is 1.32. The van der Waals surface area contributed by atoms with Gasteiger partial charge in [0.1, 0.15) is 6.10 Å². The standard InChI is InChI=1S/C13H26O2.C2H6/c1-8-11(14)15-10(13(5,6)7)9-12(2,3)4;1-2/h10H,8-9H2,1-7H3;1-2H3. The molecule has 0 heterocycles. The van der Waals surface area contributed by atoms with Gasteiger partial charge in [-0.05, 0) is 17.3 Å². The van der Waals surface area contributed by atoms with Crippen molar-refractivity contribution in [1.82, 2.24) is 0 Å². The minimum absolute atomic E-state index is 0.00458. The van der Waals surface area contributed by atoms with Crippen molar-refractivity contribution >= 4 is 5.97 Å². The Morgan fingerprint density at radius 3 is 1.71 bits per heavy atom. The molecule has 0 saturated carbocycles. The topological polar surface area (TPSA) is 26.3 Å². The quantitative estimate of drug-likeness (QED) is 0.665. The molecule has 0 aromatic heterocycles. The Kier molecular flexibility index (Phi) is 8.56. The van der Waals surface area contributed by atoms with Crippen LogP contribution in [0.5, 0.6) is 0 Å². The average Bonchev–Trinajstić information content (AvgIpc) is 2.16. The van der Waals surface area contributed by atoms with Crippen LogP contribution in [0.1, 0.15) is 75.2 Å². The minimum atomic E-state index is -0.0980. The van der Waals surface area contributed by atoms with Gasteiger partial charge >= 0.3 is 5.97 Å². The van der Waals surface area contributed by atoms with E-state index in [1.54, 1.807) is 0 Å². The molecular weight excluding hydrogens is 212 g/mol. The van der Waals surface area contributed by atoms with Crippen LogP contribution in [0.4, 0.5) is 0 Å². The molecule has 0 saturated heterocycles. The Morgan fingerprint density at radius 2 is 1.47 bits per heavy atom. The third kappa shape index (κ3) is 10.3. The molecule has 1 atom stereocenters. The Balaban J connectivity index is 0. The molecule has 0 aromatic carbocycles. The van der Waals surface area contributed by atoms with Crippen LogP contribution in [-0.4, -0.2) is 12.1 Å². The SMILES string of the molecule is CC.CCC(=O)OC(CC(C)(C)C)C(C)(C)C. The first-order valence-electron chi connectivity index (χ1n) is 6.76. The van der Waals surface area contributed by atoms with Gasteiger partial charge in [0.15, 0.2) is 0 Å². The molecule has 0 aliphatic rings. The van der Waals surface area contributed by atoms with Crippen LogP contribution in [0, 0.1) is 10.8 Å².